The number of hydrogen-bond acceptors (Lipinski definition) is 3. The van der Waals surface area contributed by atoms with Crippen molar-refractivity contribution < 1.29 is 12.8 Å². The Morgan fingerprint density at radius 3 is 2.67 bits per heavy atom. The highest BCUT2D eigenvalue weighted by Gasteiger charge is 2.21. The minimum Gasteiger partial charge on any atom is -0.316 e. The molecule has 0 amide bonds. The Labute approximate surface area is 126 Å². The molecule has 0 radical (unpaired) electrons. The molecule has 0 atom stereocenters. The number of benzene rings is 1. The molecular weight excluding hydrogens is 291 g/mol. The van der Waals surface area contributed by atoms with Gasteiger partial charge in [0.05, 0.1) is 0 Å². The molecule has 1 aliphatic rings. The maximum atomic E-state index is 13.8. The van der Waals surface area contributed by atoms with Gasteiger partial charge in [0.1, 0.15) is 10.7 Å². The van der Waals surface area contributed by atoms with Gasteiger partial charge in [-0.1, -0.05) is 31.7 Å². The largest absolute Gasteiger partial charge is 0.316 e. The van der Waals surface area contributed by atoms with Crippen molar-refractivity contribution in [2.45, 2.75) is 43.5 Å². The van der Waals surface area contributed by atoms with Gasteiger partial charge < -0.3 is 5.32 Å². The zero-order valence-electron chi connectivity index (χ0n) is 12.4. The Hall–Kier alpha value is -0.980. The van der Waals surface area contributed by atoms with E-state index in [-0.39, 0.29) is 4.90 Å². The van der Waals surface area contributed by atoms with Crippen LogP contribution < -0.4 is 10.0 Å². The van der Waals surface area contributed by atoms with Crippen molar-refractivity contribution >= 4 is 10.0 Å². The number of hydrogen-bond donors (Lipinski definition) is 2. The van der Waals surface area contributed by atoms with Crippen LogP contribution >= 0.6 is 0 Å². The second kappa shape index (κ2) is 7.33. The molecule has 0 aromatic heterocycles. The summed E-state index contributed by atoms with van der Waals surface area (Å²) < 4.78 is 40.7. The lowest BCUT2D eigenvalue weighted by Crippen LogP contribution is -2.27. The van der Waals surface area contributed by atoms with Crippen LogP contribution in [0.3, 0.4) is 0 Å². The lowest BCUT2D eigenvalue weighted by molar-refractivity contribution is 0.494. The normalized spacial score (nSPS) is 16.5. The molecule has 0 heterocycles. The molecule has 0 unspecified atom stereocenters. The Kier molecular flexibility index (Phi) is 5.72. The van der Waals surface area contributed by atoms with Gasteiger partial charge in [-0.25, -0.2) is 17.5 Å². The molecule has 1 fully saturated rings. The number of nitrogens with one attached hydrogen (secondary N) is 2. The summed E-state index contributed by atoms with van der Waals surface area (Å²) in [6.07, 6.45) is 5.65. The van der Waals surface area contributed by atoms with Crippen molar-refractivity contribution in [2.24, 2.45) is 5.92 Å². The first-order valence-corrected chi connectivity index (χ1v) is 8.94. The fraction of sp³-hybridized carbons (Fsp3) is 0.600. The van der Waals surface area contributed by atoms with Crippen molar-refractivity contribution in [2.75, 3.05) is 13.6 Å². The number of halogens is 1. The molecule has 0 spiro atoms. The van der Waals surface area contributed by atoms with Crippen LogP contribution in [0, 0.1) is 11.7 Å². The van der Waals surface area contributed by atoms with Gasteiger partial charge in [-0.3, -0.25) is 0 Å². The minimum absolute atomic E-state index is 0.262. The van der Waals surface area contributed by atoms with Gasteiger partial charge in [-0.2, -0.15) is 0 Å². The molecule has 0 aliphatic heterocycles. The average Bonchev–Trinajstić information content (AvgIpc) is 2.94. The van der Waals surface area contributed by atoms with E-state index in [4.69, 9.17) is 0 Å². The van der Waals surface area contributed by atoms with Crippen molar-refractivity contribution in [1.29, 1.82) is 0 Å². The maximum Gasteiger partial charge on any atom is 0.243 e. The van der Waals surface area contributed by atoms with Crippen LogP contribution in [0.2, 0.25) is 0 Å². The number of sulfonamides is 1. The second-order valence-corrected chi connectivity index (χ2v) is 7.37. The average molecular weight is 314 g/mol. The fourth-order valence-corrected chi connectivity index (χ4v) is 4.02. The second-order valence-electron chi connectivity index (χ2n) is 5.63. The first kappa shape index (κ1) is 16.4. The predicted octanol–water partition coefficient (Wildman–Crippen LogP) is 2.40. The van der Waals surface area contributed by atoms with Gasteiger partial charge in [0, 0.05) is 13.1 Å². The summed E-state index contributed by atoms with van der Waals surface area (Å²) in [6.45, 7) is 0.883. The Morgan fingerprint density at radius 1 is 1.29 bits per heavy atom. The van der Waals surface area contributed by atoms with Gasteiger partial charge in [0.15, 0.2) is 0 Å². The van der Waals surface area contributed by atoms with E-state index in [0.29, 0.717) is 19.0 Å². The summed E-state index contributed by atoms with van der Waals surface area (Å²) in [5.41, 5.74) is 0.745. The van der Waals surface area contributed by atoms with Crippen LogP contribution in [0.4, 0.5) is 4.39 Å². The molecule has 2 rings (SSSR count). The zero-order chi connectivity index (χ0) is 15.3. The Balaban J connectivity index is 2.02. The molecule has 1 saturated carbocycles. The molecule has 0 bridgehead atoms. The molecular formula is C15H23FN2O2S. The van der Waals surface area contributed by atoms with Crippen molar-refractivity contribution in [3.63, 3.8) is 0 Å². The summed E-state index contributed by atoms with van der Waals surface area (Å²) >= 11 is 0. The molecule has 21 heavy (non-hydrogen) atoms. The predicted molar refractivity (Wildman–Crippen MR) is 80.9 cm³/mol. The maximum absolute atomic E-state index is 13.8. The summed E-state index contributed by atoms with van der Waals surface area (Å²) in [7, 11) is -2.01. The van der Waals surface area contributed by atoms with E-state index < -0.39 is 15.8 Å². The monoisotopic (exact) mass is 314 g/mol. The molecule has 2 N–H and O–H groups in total. The highest BCUT2D eigenvalue weighted by atomic mass is 32.2. The Bertz CT molecular complexity index is 569. The van der Waals surface area contributed by atoms with E-state index in [9.17, 15) is 12.8 Å². The first-order valence-electron chi connectivity index (χ1n) is 7.45. The SMILES string of the molecule is CNCc1ccc(F)c(S(=O)(=O)NCCC2CCCC2)c1. The quantitative estimate of drug-likeness (QED) is 0.812. The minimum atomic E-state index is -3.78. The van der Waals surface area contributed by atoms with Crippen LogP contribution in [0.1, 0.15) is 37.7 Å². The van der Waals surface area contributed by atoms with Crippen molar-refractivity contribution in [1.82, 2.24) is 10.0 Å². The highest BCUT2D eigenvalue weighted by molar-refractivity contribution is 7.89. The zero-order valence-corrected chi connectivity index (χ0v) is 13.2. The van der Waals surface area contributed by atoms with E-state index in [1.165, 1.54) is 37.8 Å². The molecule has 0 saturated heterocycles. The lowest BCUT2D eigenvalue weighted by atomic mass is 10.1. The molecule has 1 aromatic rings. The van der Waals surface area contributed by atoms with E-state index in [0.717, 1.165) is 12.0 Å². The smallest absolute Gasteiger partial charge is 0.243 e. The Morgan fingerprint density at radius 2 is 2.00 bits per heavy atom. The van der Waals surface area contributed by atoms with Gasteiger partial charge >= 0.3 is 0 Å². The van der Waals surface area contributed by atoms with Crippen molar-refractivity contribution in [3.8, 4) is 0 Å². The van der Waals surface area contributed by atoms with E-state index in [2.05, 4.69) is 10.0 Å². The topological polar surface area (TPSA) is 58.2 Å². The molecule has 118 valence electrons. The van der Waals surface area contributed by atoms with Crippen LogP contribution in [-0.4, -0.2) is 22.0 Å². The first-order chi connectivity index (χ1) is 10.0. The third kappa shape index (κ3) is 4.49. The van der Waals surface area contributed by atoms with E-state index >= 15 is 0 Å². The van der Waals surface area contributed by atoms with Gasteiger partial charge in [0.25, 0.3) is 0 Å². The van der Waals surface area contributed by atoms with Crippen molar-refractivity contribution in [3.05, 3.63) is 29.6 Å². The molecule has 4 nitrogen and oxygen atoms in total. The van der Waals surface area contributed by atoms with Gasteiger partial charge in [-0.15, -0.1) is 0 Å². The van der Waals surface area contributed by atoms with Crippen LogP contribution in [-0.2, 0) is 16.6 Å². The highest BCUT2D eigenvalue weighted by Crippen LogP contribution is 2.27. The summed E-state index contributed by atoms with van der Waals surface area (Å²) in [5.74, 6) is -0.101. The van der Waals surface area contributed by atoms with Crippen LogP contribution in [0.15, 0.2) is 23.1 Å². The summed E-state index contributed by atoms with van der Waals surface area (Å²) in [4.78, 5) is -0.262. The van der Waals surface area contributed by atoms with Crippen LogP contribution in [0.25, 0.3) is 0 Å². The van der Waals surface area contributed by atoms with Crippen LogP contribution in [0.5, 0.6) is 0 Å². The molecule has 6 heteroatoms. The van der Waals surface area contributed by atoms with Gasteiger partial charge in [-0.05, 0) is 37.1 Å². The van der Waals surface area contributed by atoms with E-state index in [1.807, 2.05) is 0 Å². The van der Waals surface area contributed by atoms with Gasteiger partial charge in [0.2, 0.25) is 10.0 Å². The molecule has 1 aromatic carbocycles. The van der Waals surface area contributed by atoms with E-state index in [1.54, 1.807) is 13.1 Å². The lowest BCUT2D eigenvalue weighted by Gasteiger charge is -2.12. The summed E-state index contributed by atoms with van der Waals surface area (Å²) in [6, 6.07) is 4.19. The molecule has 1 aliphatic carbocycles. The fourth-order valence-electron chi connectivity index (χ4n) is 2.84. The summed E-state index contributed by atoms with van der Waals surface area (Å²) in [5, 5.41) is 2.92. The standard InChI is InChI=1S/C15H23FN2O2S/c1-17-11-13-6-7-14(16)15(10-13)21(19,20)18-9-8-12-4-2-3-5-12/h6-7,10,12,17-18H,2-5,8-9,11H2,1H3. The number of rotatable bonds is 7. The third-order valence-corrected chi connectivity index (χ3v) is 5.46. The third-order valence-electron chi connectivity index (χ3n) is 3.99.